The molecular formula is C18H26N6O2. The highest BCUT2D eigenvalue weighted by atomic mass is 16.5. The third kappa shape index (κ3) is 5.27. The lowest BCUT2D eigenvalue weighted by molar-refractivity contribution is 0.0347. The van der Waals surface area contributed by atoms with Gasteiger partial charge in [0.1, 0.15) is 6.33 Å². The number of aliphatic imine (C=N–C) groups is 1. The summed E-state index contributed by atoms with van der Waals surface area (Å²) in [6.07, 6.45) is 2.70. The average molecular weight is 358 g/mol. The fraction of sp³-hybridized carbons (Fsp3) is 0.500. The van der Waals surface area contributed by atoms with Gasteiger partial charge in [-0.1, -0.05) is 18.2 Å². The van der Waals surface area contributed by atoms with Crippen LogP contribution in [0.2, 0.25) is 0 Å². The molecule has 0 radical (unpaired) electrons. The van der Waals surface area contributed by atoms with Crippen LogP contribution in [0.3, 0.4) is 0 Å². The van der Waals surface area contributed by atoms with E-state index in [9.17, 15) is 0 Å². The number of nitrogens with one attached hydrogen (secondary N) is 3. The zero-order chi connectivity index (χ0) is 18.2. The number of nitrogens with zero attached hydrogens (tertiary/aromatic N) is 3. The summed E-state index contributed by atoms with van der Waals surface area (Å²) >= 11 is 0. The number of aromatic amines is 1. The fourth-order valence-corrected chi connectivity index (χ4v) is 2.75. The third-order valence-corrected chi connectivity index (χ3v) is 4.15. The Morgan fingerprint density at radius 1 is 1.50 bits per heavy atom. The van der Waals surface area contributed by atoms with Gasteiger partial charge < -0.3 is 20.1 Å². The minimum absolute atomic E-state index is 0.155. The molecule has 1 aromatic carbocycles. The Bertz CT molecular complexity index is 697. The molecule has 0 spiro atoms. The van der Waals surface area contributed by atoms with Crippen molar-refractivity contribution in [3.05, 3.63) is 36.2 Å². The first kappa shape index (κ1) is 18.3. The smallest absolute Gasteiger partial charge is 0.191 e. The van der Waals surface area contributed by atoms with E-state index in [0.29, 0.717) is 19.8 Å². The lowest BCUT2D eigenvalue weighted by Gasteiger charge is -2.19. The first-order valence-corrected chi connectivity index (χ1v) is 8.86. The van der Waals surface area contributed by atoms with Crippen LogP contribution in [-0.2, 0) is 16.0 Å². The van der Waals surface area contributed by atoms with Gasteiger partial charge in [-0.2, -0.15) is 5.10 Å². The molecular weight excluding hydrogens is 332 g/mol. The third-order valence-electron chi connectivity index (χ3n) is 4.15. The van der Waals surface area contributed by atoms with E-state index in [-0.39, 0.29) is 12.1 Å². The van der Waals surface area contributed by atoms with Crippen LogP contribution in [0.1, 0.15) is 18.9 Å². The number of hydrogen-bond acceptors (Lipinski definition) is 5. The molecule has 3 rings (SSSR count). The Morgan fingerprint density at radius 2 is 2.42 bits per heavy atom. The second-order valence-corrected chi connectivity index (χ2v) is 6.32. The minimum Gasteiger partial charge on any atom is -0.379 e. The number of H-pyrrole nitrogens is 1. The molecule has 2 heterocycles. The summed E-state index contributed by atoms with van der Waals surface area (Å²) in [5.41, 5.74) is 2.14. The zero-order valence-corrected chi connectivity index (χ0v) is 15.2. The predicted molar refractivity (Wildman–Crippen MR) is 99.8 cm³/mol. The monoisotopic (exact) mass is 358 g/mol. The van der Waals surface area contributed by atoms with E-state index in [4.69, 9.17) is 9.47 Å². The number of guanidine groups is 1. The molecule has 1 fully saturated rings. The SMILES string of the molecule is CN=C(NCc1cccc(-c2ncn[nH]2)c1)NC(C)COC1CCOC1. The summed E-state index contributed by atoms with van der Waals surface area (Å²) in [5, 5.41) is 13.5. The maximum absolute atomic E-state index is 5.84. The van der Waals surface area contributed by atoms with Crippen molar-refractivity contribution in [2.24, 2.45) is 4.99 Å². The van der Waals surface area contributed by atoms with Crippen molar-refractivity contribution in [1.82, 2.24) is 25.8 Å². The summed E-state index contributed by atoms with van der Waals surface area (Å²) in [6.45, 7) is 4.85. The van der Waals surface area contributed by atoms with Gasteiger partial charge in [-0.15, -0.1) is 0 Å². The first-order valence-electron chi connectivity index (χ1n) is 8.86. The van der Waals surface area contributed by atoms with E-state index in [0.717, 1.165) is 35.9 Å². The van der Waals surface area contributed by atoms with Crippen molar-refractivity contribution in [2.45, 2.75) is 32.0 Å². The van der Waals surface area contributed by atoms with Crippen LogP contribution < -0.4 is 10.6 Å². The van der Waals surface area contributed by atoms with E-state index < -0.39 is 0 Å². The van der Waals surface area contributed by atoms with Gasteiger partial charge in [0.05, 0.1) is 19.3 Å². The molecule has 2 unspecified atom stereocenters. The van der Waals surface area contributed by atoms with Gasteiger partial charge in [0.2, 0.25) is 0 Å². The summed E-state index contributed by atoms with van der Waals surface area (Å²) in [4.78, 5) is 8.47. The predicted octanol–water partition coefficient (Wildman–Crippen LogP) is 1.33. The highest BCUT2D eigenvalue weighted by molar-refractivity contribution is 5.79. The van der Waals surface area contributed by atoms with Crippen molar-refractivity contribution in [3.8, 4) is 11.4 Å². The molecule has 3 N–H and O–H groups in total. The second kappa shape index (κ2) is 9.30. The first-order chi connectivity index (χ1) is 12.7. The maximum atomic E-state index is 5.84. The van der Waals surface area contributed by atoms with Crippen molar-refractivity contribution in [1.29, 1.82) is 0 Å². The van der Waals surface area contributed by atoms with Crippen LogP contribution in [0.4, 0.5) is 0 Å². The largest absolute Gasteiger partial charge is 0.379 e. The van der Waals surface area contributed by atoms with Gasteiger partial charge in [0.25, 0.3) is 0 Å². The van der Waals surface area contributed by atoms with Crippen LogP contribution >= 0.6 is 0 Å². The van der Waals surface area contributed by atoms with Gasteiger partial charge in [0, 0.05) is 31.8 Å². The molecule has 1 aliphatic heterocycles. The standard InChI is InChI=1S/C18H26N6O2/c1-13(10-26-16-6-7-25-11-16)23-18(19-2)20-9-14-4-3-5-15(8-14)17-21-12-22-24-17/h3-5,8,12-13,16H,6-7,9-11H2,1-2H3,(H2,19,20,23)(H,21,22,24). The van der Waals surface area contributed by atoms with Gasteiger partial charge in [-0.3, -0.25) is 10.1 Å². The molecule has 140 valence electrons. The Balaban J connectivity index is 1.47. The van der Waals surface area contributed by atoms with Crippen molar-refractivity contribution >= 4 is 5.96 Å². The molecule has 0 aliphatic carbocycles. The Kier molecular flexibility index (Phi) is 6.56. The lowest BCUT2D eigenvalue weighted by Crippen LogP contribution is -2.44. The number of benzene rings is 1. The summed E-state index contributed by atoms with van der Waals surface area (Å²) in [6, 6.07) is 8.30. The Labute approximate surface area is 153 Å². The van der Waals surface area contributed by atoms with Crippen molar-refractivity contribution in [2.75, 3.05) is 26.9 Å². The van der Waals surface area contributed by atoms with Gasteiger partial charge >= 0.3 is 0 Å². The second-order valence-electron chi connectivity index (χ2n) is 6.32. The molecule has 1 aromatic heterocycles. The number of hydrogen-bond donors (Lipinski definition) is 3. The molecule has 0 saturated carbocycles. The summed E-state index contributed by atoms with van der Waals surface area (Å²) in [5.74, 6) is 1.50. The molecule has 2 aromatic rings. The molecule has 26 heavy (non-hydrogen) atoms. The van der Waals surface area contributed by atoms with Gasteiger partial charge in [0.15, 0.2) is 11.8 Å². The van der Waals surface area contributed by atoms with Crippen molar-refractivity contribution in [3.63, 3.8) is 0 Å². The Morgan fingerprint density at radius 3 is 3.15 bits per heavy atom. The van der Waals surface area contributed by atoms with E-state index >= 15 is 0 Å². The van der Waals surface area contributed by atoms with Crippen LogP contribution in [0.25, 0.3) is 11.4 Å². The lowest BCUT2D eigenvalue weighted by atomic mass is 10.1. The molecule has 2 atom stereocenters. The van der Waals surface area contributed by atoms with Crippen LogP contribution in [-0.4, -0.2) is 60.2 Å². The van der Waals surface area contributed by atoms with Crippen LogP contribution in [0.5, 0.6) is 0 Å². The van der Waals surface area contributed by atoms with E-state index in [1.165, 1.54) is 6.33 Å². The summed E-state index contributed by atoms with van der Waals surface area (Å²) in [7, 11) is 1.76. The van der Waals surface area contributed by atoms with Crippen LogP contribution in [0.15, 0.2) is 35.6 Å². The molecule has 1 aliphatic rings. The Hall–Kier alpha value is -2.45. The van der Waals surface area contributed by atoms with E-state index in [1.807, 2.05) is 12.1 Å². The topological polar surface area (TPSA) is 96.5 Å². The molecule has 0 bridgehead atoms. The minimum atomic E-state index is 0.155. The van der Waals surface area contributed by atoms with Gasteiger partial charge in [-0.25, -0.2) is 4.98 Å². The highest BCUT2D eigenvalue weighted by Gasteiger charge is 2.17. The average Bonchev–Trinajstić information content (AvgIpc) is 3.37. The number of rotatable bonds is 7. The van der Waals surface area contributed by atoms with E-state index in [1.54, 1.807) is 7.05 Å². The molecule has 8 nitrogen and oxygen atoms in total. The quantitative estimate of drug-likeness (QED) is 0.510. The number of ether oxygens (including phenoxy) is 2. The van der Waals surface area contributed by atoms with E-state index in [2.05, 4.69) is 49.9 Å². The fourth-order valence-electron chi connectivity index (χ4n) is 2.75. The maximum Gasteiger partial charge on any atom is 0.191 e. The van der Waals surface area contributed by atoms with Gasteiger partial charge in [-0.05, 0) is 25.0 Å². The normalized spacial score (nSPS) is 18.7. The number of aromatic nitrogens is 3. The van der Waals surface area contributed by atoms with Crippen LogP contribution in [0, 0.1) is 0 Å². The highest BCUT2D eigenvalue weighted by Crippen LogP contribution is 2.15. The van der Waals surface area contributed by atoms with Crippen molar-refractivity contribution < 1.29 is 9.47 Å². The molecule has 1 saturated heterocycles. The molecule has 8 heteroatoms. The zero-order valence-electron chi connectivity index (χ0n) is 15.2. The molecule has 0 amide bonds. The summed E-state index contributed by atoms with van der Waals surface area (Å²) < 4.78 is 11.2.